The lowest BCUT2D eigenvalue weighted by atomic mass is 9.71. The molecule has 0 bridgehead atoms. The molecule has 3 aliphatic rings. The highest BCUT2D eigenvalue weighted by Crippen LogP contribution is 2.48. The molecule has 1 heterocycles. The number of hydrogen-bond donors (Lipinski definition) is 1. The fourth-order valence-electron chi connectivity index (χ4n) is 5.69. The van der Waals surface area contributed by atoms with E-state index in [9.17, 15) is 14.4 Å². The first-order valence-electron chi connectivity index (χ1n) is 12.7. The van der Waals surface area contributed by atoms with Gasteiger partial charge >= 0.3 is 0 Å². The van der Waals surface area contributed by atoms with E-state index in [0.29, 0.717) is 18.6 Å². The molecule has 2 aromatic rings. The lowest BCUT2D eigenvalue weighted by Gasteiger charge is -2.42. The van der Waals surface area contributed by atoms with E-state index < -0.39 is 0 Å². The van der Waals surface area contributed by atoms with E-state index in [1.54, 1.807) is 6.07 Å². The van der Waals surface area contributed by atoms with E-state index in [4.69, 9.17) is 4.74 Å². The number of anilines is 1. The highest BCUT2D eigenvalue weighted by atomic mass is 16.5. The van der Waals surface area contributed by atoms with Gasteiger partial charge in [0.25, 0.3) is 5.91 Å². The van der Waals surface area contributed by atoms with E-state index >= 15 is 0 Å². The third-order valence-electron chi connectivity index (χ3n) is 7.68. The van der Waals surface area contributed by atoms with Crippen LogP contribution in [0.1, 0.15) is 61.1 Å². The van der Waals surface area contributed by atoms with Crippen molar-refractivity contribution in [3.63, 3.8) is 0 Å². The Morgan fingerprint density at radius 3 is 2.25 bits per heavy atom. The predicted octanol–water partition coefficient (Wildman–Crippen LogP) is 5.36. The molecule has 0 fully saturated rings. The molecular formula is C30H32N2O4. The fourth-order valence-corrected chi connectivity index (χ4v) is 5.69. The number of nitrogens with one attached hydrogen (secondary N) is 1. The van der Waals surface area contributed by atoms with Gasteiger partial charge in [-0.15, -0.1) is 0 Å². The first kappa shape index (κ1) is 24.0. The van der Waals surface area contributed by atoms with Crippen LogP contribution in [0.2, 0.25) is 0 Å². The van der Waals surface area contributed by atoms with Crippen molar-refractivity contribution in [3.8, 4) is 5.75 Å². The number of ketones is 2. The number of allylic oxidation sites excluding steroid dienone is 4. The van der Waals surface area contributed by atoms with Crippen molar-refractivity contribution < 1.29 is 19.1 Å². The smallest absolute Gasteiger partial charge is 0.262 e. The van der Waals surface area contributed by atoms with E-state index in [-0.39, 0.29) is 30.0 Å². The van der Waals surface area contributed by atoms with Crippen LogP contribution in [0.5, 0.6) is 5.75 Å². The van der Waals surface area contributed by atoms with Crippen LogP contribution in [-0.4, -0.2) is 36.0 Å². The van der Waals surface area contributed by atoms with Crippen LogP contribution >= 0.6 is 0 Å². The minimum atomic E-state index is -0.376. The second-order valence-corrected chi connectivity index (χ2v) is 9.92. The number of benzene rings is 2. The average molecular weight is 485 g/mol. The minimum Gasteiger partial charge on any atom is -0.484 e. The maximum atomic E-state index is 13.2. The van der Waals surface area contributed by atoms with Gasteiger partial charge in [0, 0.05) is 54.0 Å². The van der Waals surface area contributed by atoms with Crippen molar-refractivity contribution in [1.29, 1.82) is 0 Å². The summed E-state index contributed by atoms with van der Waals surface area (Å²) >= 11 is 0. The number of ether oxygens (including phenoxy) is 1. The van der Waals surface area contributed by atoms with E-state index in [1.165, 1.54) is 0 Å². The normalized spacial score (nSPS) is 18.2. The van der Waals surface area contributed by atoms with Crippen molar-refractivity contribution in [2.45, 2.75) is 58.3 Å². The van der Waals surface area contributed by atoms with Gasteiger partial charge in [-0.1, -0.05) is 24.3 Å². The van der Waals surface area contributed by atoms with Crippen molar-refractivity contribution >= 4 is 23.2 Å². The SMILES string of the molecule is Cc1cccc(NC(=O)COc2cccc(C3C4=C(CCCC4=O)N(C)C4=C3C(=O)CCC4)c2)c1C. The van der Waals surface area contributed by atoms with Gasteiger partial charge < -0.3 is 15.0 Å². The van der Waals surface area contributed by atoms with Gasteiger partial charge in [-0.25, -0.2) is 0 Å². The van der Waals surface area contributed by atoms with Crippen LogP contribution in [0, 0.1) is 13.8 Å². The quantitative estimate of drug-likeness (QED) is 0.618. The molecule has 0 saturated heterocycles. The zero-order valence-electron chi connectivity index (χ0n) is 21.1. The molecule has 2 aromatic carbocycles. The van der Waals surface area contributed by atoms with Crippen LogP contribution in [0.4, 0.5) is 5.69 Å². The lowest BCUT2D eigenvalue weighted by molar-refractivity contribution is -0.118. The number of hydrogen-bond acceptors (Lipinski definition) is 5. The van der Waals surface area contributed by atoms with Crippen molar-refractivity contribution in [3.05, 3.63) is 81.7 Å². The number of amides is 1. The summed E-state index contributed by atoms with van der Waals surface area (Å²) in [6.07, 6.45) is 4.37. The van der Waals surface area contributed by atoms with Gasteiger partial charge in [0.15, 0.2) is 18.2 Å². The second-order valence-electron chi connectivity index (χ2n) is 9.92. The molecule has 186 valence electrons. The summed E-state index contributed by atoms with van der Waals surface area (Å²) in [5.74, 6) is 0.167. The number of carbonyl (C=O) groups excluding carboxylic acids is 3. The van der Waals surface area contributed by atoms with E-state index in [2.05, 4.69) is 10.2 Å². The van der Waals surface area contributed by atoms with E-state index in [1.807, 2.05) is 57.3 Å². The Hall–Kier alpha value is -3.67. The maximum absolute atomic E-state index is 13.2. The molecule has 0 saturated carbocycles. The Bertz CT molecular complexity index is 1280. The van der Waals surface area contributed by atoms with Gasteiger partial charge in [-0.2, -0.15) is 0 Å². The van der Waals surface area contributed by atoms with Crippen molar-refractivity contribution in [1.82, 2.24) is 4.90 Å². The summed E-state index contributed by atoms with van der Waals surface area (Å²) in [6.45, 7) is 3.84. The lowest BCUT2D eigenvalue weighted by Crippen LogP contribution is -2.37. The number of nitrogens with zero attached hydrogens (tertiary/aromatic N) is 1. The summed E-state index contributed by atoms with van der Waals surface area (Å²) in [5.41, 5.74) is 7.36. The molecule has 1 amide bonds. The molecule has 6 heteroatoms. The Morgan fingerprint density at radius 2 is 1.58 bits per heavy atom. The zero-order chi connectivity index (χ0) is 25.4. The molecule has 5 rings (SSSR count). The molecule has 6 nitrogen and oxygen atoms in total. The van der Waals surface area contributed by atoms with Gasteiger partial charge in [0.05, 0.1) is 0 Å². The molecule has 36 heavy (non-hydrogen) atoms. The predicted molar refractivity (Wildman–Crippen MR) is 139 cm³/mol. The topological polar surface area (TPSA) is 75.7 Å². The first-order valence-corrected chi connectivity index (χ1v) is 12.7. The standard InChI is InChI=1S/C30H32N2O4/c1-18-8-4-11-22(19(18)2)31-27(35)17-36-21-10-5-9-20(16-21)28-29-23(12-6-14-25(29)33)32(3)24-13-7-15-26(34)30(24)28/h4-5,8-11,16,28H,6-7,12-15,17H2,1-3H3,(H,31,35). The van der Waals surface area contributed by atoms with E-state index in [0.717, 1.165) is 70.6 Å². The van der Waals surface area contributed by atoms with Crippen LogP contribution in [0.3, 0.4) is 0 Å². The molecular weight excluding hydrogens is 452 g/mol. The number of rotatable bonds is 5. The Balaban J connectivity index is 1.42. The van der Waals surface area contributed by atoms with Crippen LogP contribution in [0.15, 0.2) is 65.0 Å². The minimum absolute atomic E-state index is 0.122. The van der Waals surface area contributed by atoms with Crippen molar-refractivity contribution in [2.24, 2.45) is 0 Å². The van der Waals surface area contributed by atoms with Crippen molar-refractivity contribution in [2.75, 3.05) is 19.0 Å². The van der Waals surface area contributed by atoms with Crippen LogP contribution < -0.4 is 10.1 Å². The Labute approximate surface area is 212 Å². The van der Waals surface area contributed by atoms with Crippen LogP contribution in [0.25, 0.3) is 0 Å². The fraction of sp³-hybridized carbons (Fsp3) is 0.367. The largest absolute Gasteiger partial charge is 0.484 e. The summed E-state index contributed by atoms with van der Waals surface area (Å²) in [4.78, 5) is 41.0. The molecule has 1 aliphatic heterocycles. The molecule has 1 N–H and O–H groups in total. The summed E-state index contributed by atoms with van der Waals surface area (Å²) < 4.78 is 5.86. The molecule has 0 radical (unpaired) electrons. The second kappa shape index (κ2) is 9.76. The molecule has 0 aromatic heterocycles. The number of Topliss-reactive ketones (excluding diaryl/α,β-unsaturated/α-hetero) is 2. The molecule has 0 unspecified atom stereocenters. The zero-order valence-corrected chi connectivity index (χ0v) is 21.1. The third kappa shape index (κ3) is 4.36. The number of carbonyl (C=O) groups is 3. The molecule has 2 aliphatic carbocycles. The maximum Gasteiger partial charge on any atom is 0.262 e. The summed E-state index contributed by atoms with van der Waals surface area (Å²) in [6, 6.07) is 13.3. The highest BCUT2D eigenvalue weighted by Gasteiger charge is 2.42. The highest BCUT2D eigenvalue weighted by molar-refractivity contribution is 6.06. The third-order valence-corrected chi connectivity index (χ3v) is 7.68. The average Bonchev–Trinajstić information content (AvgIpc) is 2.87. The van der Waals surface area contributed by atoms with Gasteiger partial charge in [-0.3, -0.25) is 14.4 Å². The number of aryl methyl sites for hydroxylation is 1. The van der Waals surface area contributed by atoms with Gasteiger partial charge in [0.2, 0.25) is 0 Å². The van der Waals surface area contributed by atoms with Gasteiger partial charge in [-0.05, 0) is 74.4 Å². The Kier molecular flexibility index (Phi) is 6.52. The van der Waals surface area contributed by atoms with Gasteiger partial charge in [0.1, 0.15) is 5.75 Å². The first-order chi connectivity index (χ1) is 17.3. The molecule has 0 atom stereocenters. The Morgan fingerprint density at radius 1 is 0.944 bits per heavy atom. The van der Waals surface area contributed by atoms with Crippen LogP contribution in [-0.2, 0) is 14.4 Å². The monoisotopic (exact) mass is 484 g/mol. The molecule has 0 spiro atoms. The summed E-state index contributed by atoms with van der Waals surface area (Å²) in [5, 5.41) is 2.92. The summed E-state index contributed by atoms with van der Waals surface area (Å²) in [7, 11) is 1.99.